The number of hydrogen-bond donors (Lipinski definition) is 3. The second kappa shape index (κ2) is 6.68. The number of rotatable bonds is 4. The van der Waals surface area contributed by atoms with E-state index in [9.17, 15) is 9.59 Å². The molecule has 2 amide bonds. The maximum atomic E-state index is 12.6. The second-order valence-corrected chi connectivity index (χ2v) is 5.70. The molecule has 0 aliphatic heterocycles. The summed E-state index contributed by atoms with van der Waals surface area (Å²) < 4.78 is 5.19. The van der Waals surface area contributed by atoms with E-state index in [1.165, 1.54) is 0 Å². The van der Waals surface area contributed by atoms with Gasteiger partial charge in [-0.1, -0.05) is 6.07 Å². The van der Waals surface area contributed by atoms with Gasteiger partial charge in [0.05, 0.1) is 7.11 Å². The molecular formula is C19H19N3O3. The van der Waals surface area contributed by atoms with E-state index in [1.54, 1.807) is 38.4 Å². The van der Waals surface area contributed by atoms with Crippen molar-refractivity contribution in [2.45, 2.75) is 6.92 Å². The number of carbonyl (C=O) groups is 2. The molecule has 0 spiro atoms. The SMILES string of the molecule is CNC(=O)c1ccc(C)c(NC(=O)c2cc3ccc(OC)cc3[nH]2)c1. The van der Waals surface area contributed by atoms with Crippen molar-refractivity contribution in [2.24, 2.45) is 0 Å². The van der Waals surface area contributed by atoms with E-state index in [-0.39, 0.29) is 11.8 Å². The molecule has 1 aromatic heterocycles. The minimum Gasteiger partial charge on any atom is -0.497 e. The van der Waals surface area contributed by atoms with Gasteiger partial charge in [-0.25, -0.2) is 0 Å². The van der Waals surface area contributed by atoms with Crippen molar-refractivity contribution in [1.82, 2.24) is 10.3 Å². The second-order valence-electron chi connectivity index (χ2n) is 5.70. The van der Waals surface area contributed by atoms with Gasteiger partial charge in [0.15, 0.2) is 0 Å². The van der Waals surface area contributed by atoms with Crippen molar-refractivity contribution < 1.29 is 14.3 Å². The molecule has 3 aromatic rings. The third-order valence-electron chi connectivity index (χ3n) is 4.05. The van der Waals surface area contributed by atoms with Crippen LogP contribution in [0.4, 0.5) is 5.69 Å². The zero-order valence-electron chi connectivity index (χ0n) is 14.3. The Morgan fingerprint density at radius 1 is 1.04 bits per heavy atom. The standard InChI is InChI=1S/C19H19N3O3/c1-11-4-5-13(18(23)20-2)9-15(11)22-19(24)17-8-12-6-7-14(25-3)10-16(12)21-17/h4-10,21H,1-3H3,(H,20,23)(H,22,24). The molecule has 6 heteroatoms. The van der Waals surface area contributed by atoms with E-state index in [1.807, 2.05) is 25.1 Å². The summed E-state index contributed by atoms with van der Waals surface area (Å²) in [7, 11) is 3.17. The molecule has 0 aliphatic carbocycles. The van der Waals surface area contributed by atoms with Gasteiger partial charge in [0.25, 0.3) is 11.8 Å². The Kier molecular flexibility index (Phi) is 4.43. The van der Waals surface area contributed by atoms with Crippen LogP contribution >= 0.6 is 0 Å². The van der Waals surface area contributed by atoms with Crippen molar-refractivity contribution in [3.63, 3.8) is 0 Å². The fraction of sp³-hybridized carbons (Fsp3) is 0.158. The first-order chi connectivity index (χ1) is 12.0. The number of anilines is 1. The Hall–Kier alpha value is -3.28. The van der Waals surface area contributed by atoms with Gasteiger partial charge in [0, 0.05) is 35.3 Å². The number of nitrogens with one attached hydrogen (secondary N) is 3. The van der Waals surface area contributed by atoms with Crippen LogP contribution in [0, 0.1) is 6.92 Å². The van der Waals surface area contributed by atoms with Crippen molar-refractivity contribution in [1.29, 1.82) is 0 Å². The Balaban J connectivity index is 1.88. The lowest BCUT2D eigenvalue weighted by Crippen LogP contribution is -2.19. The van der Waals surface area contributed by atoms with Gasteiger partial charge in [-0.05, 0) is 42.8 Å². The van der Waals surface area contributed by atoms with Crippen LogP contribution in [0.25, 0.3) is 10.9 Å². The maximum absolute atomic E-state index is 12.6. The number of benzene rings is 2. The van der Waals surface area contributed by atoms with Crippen LogP contribution in [-0.2, 0) is 0 Å². The van der Waals surface area contributed by atoms with Crippen LogP contribution in [0.2, 0.25) is 0 Å². The zero-order chi connectivity index (χ0) is 18.0. The highest BCUT2D eigenvalue weighted by atomic mass is 16.5. The summed E-state index contributed by atoms with van der Waals surface area (Å²) in [6, 6.07) is 12.5. The molecule has 0 radical (unpaired) electrons. The number of H-pyrrole nitrogens is 1. The number of aromatic nitrogens is 1. The highest BCUT2D eigenvalue weighted by molar-refractivity contribution is 6.07. The summed E-state index contributed by atoms with van der Waals surface area (Å²) in [5, 5.41) is 6.34. The van der Waals surface area contributed by atoms with Crippen LogP contribution in [0.5, 0.6) is 5.75 Å². The summed E-state index contributed by atoms with van der Waals surface area (Å²) in [6.07, 6.45) is 0. The Bertz CT molecular complexity index is 960. The molecule has 0 bridgehead atoms. The number of amides is 2. The molecule has 0 fully saturated rings. The van der Waals surface area contributed by atoms with Gasteiger partial charge >= 0.3 is 0 Å². The van der Waals surface area contributed by atoms with Gasteiger partial charge in [0.1, 0.15) is 11.4 Å². The van der Waals surface area contributed by atoms with E-state index >= 15 is 0 Å². The molecule has 1 heterocycles. The highest BCUT2D eigenvalue weighted by Gasteiger charge is 2.13. The van der Waals surface area contributed by atoms with Crippen molar-refractivity contribution in [3.8, 4) is 5.75 Å². The molecule has 0 aliphatic rings. The number of aryl methyl sites for hydroxylation is 1. The average Bonchev–Trinajstić information content (AvgIpc) is 3.06. The summed E-state index contributed by atoms with van der Waals surface area (Å²) >= 11 is 0. The largest absolute Gasteiger partial charge is 0.497 e. The fourth-order valence-electron chi connectivity index (χ4n) is 2.59. The third kappa shape index (κ3) is 3.33. The summed E-state index contributed by atoms with van der Waals surface area (Å²) in [5.74, 6) is 0.246. The van der Waals surface area contributed by atoms with Crippen molar-refractivity contribution >= 4 is 28.4 Å². The Morgan fingerprint density at radius 3 is 2.56 bits per heavy atom. The van der Waals surface area contributed by atoms with Gasteiger partial charge in [-0.2, -0.15) is 0 Å². The third-order valence-corrected chi connectivity index (χ3v) is 4.05. The lowest BCUT2D eigenvalue weighted by molar-refractivity contribution is 0.0961. The quantitative estimate of drug-likeness (QED) is 0.684. The smallest absolute Gasteiger partial charge is 0.272 e. The van der Waals surface area contributed by atoms with Gasteiger partial charge < -0.3 is 20.4 Å². The molecule has 0 saturated carbocycles. The molecule has 6 nitrogen and oxygen atoms in total. The number of ether oxygens (including phenoxy) is 1. The minimum absolute atomic E-state index is 0.201. The number of carbonyl (C=O) groups excluding carboxylic acids is 2. The summed E-state index contributed by atoms with van der Waals surface area (Å²) in [6.45, 7) is 1.87. The molecule has 3 N–H and O–H groups in total. The monoisotopic (exact) mass is 337 g/mol. The molecule has 0 atom stereocenters. The topological polar surface area (TPSA) is 83.2 Å². The normalized spacial score (nSPS) is 10.5. The predicted octanol–water partition coefficient (Wildman–Crippen LogP) is 3.10. The fourth-order valence-corrected chi connectivity index (χ4v) is 2.59. The summed E-state index contributed by atoms with van der Waals surface area (Å²) in [4.78, 5) is 27.4. The van der Waals surface area contributed by atoms with E-state index in [4.69, 9.17) is 4.74 Å². The zero-order valence-corrected chi connectivity index (χ0v) is 14.3. The van der Waals surface area contributed by atoms with Gasteiger partial charge in [0.2, 0.25) is 0 Å². The van der Waals surface area contributed by atoms with Crippen molar-refractivity contribution in [3.05, 3.63) is 59.3 Å². The molecule has 3 rings (SSSR count). The first-order valence-corrected chi connectivity index (χ1v) is 7.82. The maximum Gasteiger partial charge on any atom is 0.272 e. The van der Waals surface area contributed by atoms with Crippen LogP contribution in [0.3, 0.4) is 0 Å². The van der Waals surface area contributed by atoms with Crippen molar-refractivity contribution in [2.75, 3.05) is 19.5 Å². The number of methoxy groups -OCH3 is 1. The first-order valence-electron chi connectivity index (χ1n) is 7.82. The molecule has 0 unspecified atom stereocenters. The Morgan fingerprint density at radius 2 is 1.84 bits per heavy atom. The first kappa shape index (κ1) is 16.6. The lowest BCUT2D eigenvalue weighted by Gasteiger charge is -2.09. The van der Waals surface area contributed by atoms with Gasteiger partial charge in [-0.15, -0.1) is 0 Å². The highest BCUT2D eigenvalue weighted by Crippen LogP contribution is 2.23. The van der Waals surface area contributed by atoms with Crippen LogP contribution in [0.15, 0.2) is 42.5 Å². The van der Waals surface area contributed by atoms with E-state index < -0.39 is 0 Å². The number of hydrogen-bond acceptors (Lipinski definition) is 3. The Labute approximate surface area is 145 Å². The van der Waals surface area contributed by atoms with Crippen LogP contribution in [0.1, 0.15) is 26.4 Å². The number of fused-ring (bicyclic) bond motifs is 1. The molecule has 2 aromatic carbocycles. The number of aromatic amines is 1. The molecule has 128 valence electrons. The lowest BCUT2D eigenvalue weighted by atomic mass is 10.1. The predicted molar refractivity (Wildman–Crippen MR) is 97.4 cm³/mol. The van der Waals surface area contributed by atoms with Crippen LogP contribution < -0.4 is 15.4 Å². The van der Waals surface area contributed by atoms with Gasteiger partial charge in [-0.3, -0.25) is 9.59 Å². The summed E-state index contributed by atoms with van der Waals surface area (Å²) in [5.41, 5.74) is 3.22. The molecular weight excluding hydrogens is 318 g/mol. The van der Waals surface area contributed by atoms with E-state index in [2.05, 4.69) is 15.6 Å². The van der Waals surface area contributed by atoms with E-state index in [0.717, 1.165) is 22.2 Å². The molecule has 0 saturated heterocycles. The van der Waals surface area contributed by atoms with E-state index in [0.29, 0.717) is 16.9 Å². The van der Waals surface area contributed by atoms with Crippen LogP contribution in [-0.4, -0.2) is 31.0 Å². The average molecular weight is 337 g/mol. The minimum atomic E-state index is -0.271. The molecule has 25 heavy (non-hydrogen) atoms.